The average Bonchev–Trinajstić information content (AvgIpc) is 2.71. The first-order chi connectivity index (χ1) is 13.4. The number of amides is 2. The molecule has 0 unspecified atom stereocenters. The van der Waals surface area contributed by atoms with E-state index in [0.717, 1.165) is 36.9 Å². The molecule has 0 saturated carbocycles. The van der Waals surface area contributed by atoms with E-state index in [1.165, 1.54) is 10.5 Å². The fourth-order valence-corrected chi connectivity index (χ4v) is 3.92. The number of hydrogen-bond donors (Lipinski definition) is 2. The lowest BCUT2D eigenvalue weighted by Crippen LogP contribution is -2.53. The van der Waals surface area contributed by atoms with Gasteiger partial charge in [0.25, 0.3) is 0 Å². The van der Waals surface area contributed by atoms with Gasteiger partial charge in [0.1, 0.15) is 11.9 Å². The van der Waals surface area contributed by atoms with Gasteiger partial charge >= 0.3 is 11.8 Å². The number of nitriles is 1. The molecule has 2 amide bonds. The predicted octanol–water partition coefficient (Wildman–Crippen LogP) is 0.286. The lowest BCUT2D eigenvalue weighted by Gasteiger charge is -2.36. The van der Waals surface area contributed by atoms with Crippen molar-refractivity contribution in [3.05, 3.63) is 22.4 Å². The van der Waals surface area contributed by atoms with Crippen LogP contribution in [-0.2, 0) is 22.4 Å². The maximum Gasteiger partial charge on any atom is 0.312 e. The third-order valence-electron chi connectivity index (χ3n) is 5.43. The van der Waals surface area contributed by atoms with E-state index in [9.17, 15) is 20.0 Å². The third kappa shape index (κ3) is 4.09. The molecule has 150 valence electrons. The summed E-state index contributed by atoms with van der Waals surface area (Å²) in [5.74, 6) is -0.587. The number of fused-ring (bicyclic) bond motifs is 1. The number of aliphatic hydroxyl groups excluding tert-OH is 1. The van der Waals surface area contributed by atoms with E-state index in [4.69, 9.17) is 4.98 Å². The smallest absolute Gasteiger partial charge is 0.312 e. The molecule has 2 N–H and O–H groups in total. The number of aliphatic hydroxyl groups is 1. The van der Waals surface area contributed by atoms with Crippen LogP contribution < -0.4 is 10.2 Å². The minimum absolute atomic E-state index is 0.0500. The summed E-state index contributed by atoms with van der Waals surface area (Å²) >= 11 is 0. The zero-order valence-corrected chi connectivity index (χ0v) is 16.5. The molecular weight excluding hydrogens is 358 g/mol. The minimum Gasteiger partial charge on any atom is -0.392 e. The Labute approximate surface area is 165 Å². The highest BCUT2D eigenvalue weighted by Crippen LogP contribution is 2.32. The molecule has 1 atom stereocenters. The van der Waals surface area contributed by atoms with Crippen molar-refractivity contribution in [2.45, 2.75) is 45.6 Å². The Kier molecular flexibility index (Phi) is 6.15. The van der Waals surface area contributed by atoms with Gasteiger partial charge in [-0.2, -0.15) is 5.26 Å². The Balaban J connectivity index is 1.70. The minimum atomic E-state index is -0.699. The van der Waals surface area contributed by atoms with Gasteiger partial charge in [-0.15, -0.1) is 0 Å². The summed E-state index contributed by atoms with van der Waals surface area (Å²) in [5.41, 5.74) is 4.00. The highest BCUT2D eigenvalue weighted by atomic mass is 16.3. The summed E-state index contributed by atoms with van der Waals surface area (Å²) in [6.07, 6.45) is 3.42. The Morgan fingerprint density at radius 3 is 2.46 bits per heavy atom. The second kappa shape index (κ2) is 8.57. The van der Waals surface area contributed by atoms with E-state index in [0.29, 0.717) is 37.6 Å². The molecule has 28 heavy (non-hydrogen) atoms. The SMILES string of the molecule is Cc1nc(N2CCN(C(=O)C(=O)NC[C@@H](C)O)CC2)c(C#N)c2c1CCCC2. The molecule has 0 radical (unpaired) electrons. The number of anilines is 1. The second-order valence-corrected chi connectivity index (χ2v) is 7.51. The quantitative estimate of drug-likeness (QED) is 0.724. The number of aromatic nitrogens is 1. The first-order valence-electron chi connectivity index (χ1n) is 9.85. The van der Waals surface area contributed by atoms with E-state index in [1.54, 1.807) is 6.92 Å². The van der Waals surface area contributed by atoms with Crippen molar-refractivity contribution in [1.82, 2.24) is 15.2 Å². The normalized spacial score (nSPS) is 17.5. The zero-order valence-electron chi connectivity index (χ0n) is 16.5. The fraction of sp³-hybridized carbons (Fsp3) is 0.600. The summed E-state index contributed by atoms with van der Waals surface area (Å²) in [7, 11) is 0. The lowest BCUT2D eigenvalue weighted by atomic mass is 9.88. The summed E-state index contributed by atoms with van der Waals surface area (Å²) < 4.78 is 0. The summed E-state index contributed by atoms with van der Waals surface area (Å²) in [6.45, 7) is 5.43. The van der Waals surface area contributed by atoms with Crippen LogP contribution in [-0.4, -0.2) is 65.6 Å². The second-order valence-electron chi connectivity index (χ2n) is 7.51. The zero-order chi connectivity index (χ0) is 20.3. The molecule has 1 aromatic rings. The van der Waals surface area contributed by atoms with Gasteiger partial charge in [-0.3, -0.25) is 9.59 Å². The number of aryl methyl sites for hydroxylation is 1. The maximum atomic E-state index is 12.3. The van der Waals surface area contributed by atoms with Gasteiger partial charge in [0, 0.05) is 38.4 Å². The summed E-state index contributed by atoms with van der Waals surface area (Å²) in [4.78, 5) is 32.5. The van der Waals surface area contributed by atoms with Crippen LogP contribution in [0.1, 0.15) is 42.1 Å². The van der Waals surface area contributed by atoms with Crippen LogP contribution in [0.2, 0.25) is 0 Å². The lowest BCUT2D eigenvalue weighted by molar-refractivity contribution is -0.146. The molecule has 8 heteroatoms. The molecule has 1 aliphatic heterocycles. The van der Waals surface area contributed by atoms with Crippen LogP contribution in [0.25, 0.3) is 0 Å². The van der Waals surface area contributed by atoms with Crippen molar-refractivity contribution in [3.63, 3.8) is 0 Å². The number of nitrogens with one attached hydrogen (secondary N) is 1. The van der Waals surface area contributed by atoms with Gasteiger partial charge in [-0.25, -0.2) is 4.98 Å². The van der Waals surface area contributed by atoms with Crippen molar-refractivity contribution in [2.75, 3.05) is 37.6 Å². The standard InChI is InChI=1S/C20H27N5O3/c1-13(26)12-22-19(27)20(28)25-9-7-24(8-10-25)18-17(11-21)16-6-4-3-5-15(16)14(2)23-18/h13,26H,3-10,12H2,1-2H3,(H,22,27)/t13-/m1/s1. The van der Waals surface area contributed by atoms with Crippen LogP contribution in [0, 0.1) is 18.3 Å². The Hall–Kier alpha value is -2.66. The van der Waals surface area contributed by atoms with Crippen molar-refractivity contribution in [1.29, 1.82) is 5.26 Å². The monoisotopic (exact) mass is 385 g/mol. The molecule has 3 rings (SSSR count). The molecule has 1 aromatic heterocycles. The number of piperazine rings is 1. The molecule has 1 fully saturated rings. The van der Waals surface area contributed by atoms with Crippen molar-refractivity contribution in [2.24, 2.45) is 0 Å². The molecule has 1 saturated heterocycles. The van der Waals surface area contributed by atoms with Crippen LogP contribution in [0.15, 0.2) is 0 Å². The predicted molar refractivity (Wildman–Crippen MR) is 104 cm³/mol. The third-order valence-corrected chi connectivity index (χ3v) is 5.43. The van der Waals surface area contributed by atoms with Crippen molar-refractivity contribution >= 4 is 17.6 Å². The van der Waals surface area contributed by atoms with Gasteiger partial charge in [0.2, 0.25) is 0 Å². The summed E-state index contributed by atoms with van der Waals surface area (Å²) in [5, 5.41) is 21.4. The molecule has 0 bridgehead atoms. The van der Waals surface area contributed by atoms with Gasteiger partial charge in [0.15, 0.2) is 0 Å². The first kappa shape index (κ1) is 20.1. The van der Waals surface area contributed by atoms with Gasteiger partial charge in [0.05, 0.1) is 11.7 Å². The highest BCUT2D eigenvalue weighted by Gasteiger charge is 2.29. The van der Waals surface area contributed by atoms with Crippen LogP contribution in [0.4, 0.5) is 5.82 Å². The Morgan fingerprint density at radius 1 is 1.21 bits per heavy atom. The largest absolute Gasteiger partial charge is 0.392 e. The van der Waals surface area contributed by atoms with E-state index in [2.05, 4.69) is 11.4 Å². The van der Waals surface area contributed by atoms with E-state index < -0.39 is 17.9 Å². The van der Waals surface area contributed by atoms with Crippen LogP contribution in [0.5, 0.6) is 0 Å². The molecule has 0 aromatic carbocycles. The van der Waals surface area contributed by atoms with Gasteiger partial charge in [-0.1, -0.05) is 0 Å². The van der Waals surface area contributed by atoms with Crippen molar-refractivity contribution in [3.8, 4) is 6.07 Å². The molecule has 2 aliphatic rings. The molecule has 2 heterocycles. The number of nitrogens with zero attached hydrogens (tertiary/aromatic N) is 4. The van der Waals surface area contributed by atoms with E-state index >= 15 is 0 Å². The molecular formula is C20H27N5O3. The number of pyridine rings is 1. The number of carbonyl (C=O) groups excluding carboxylic acids is 2. The maximum absolute atomic E-state index is 12.3. The Morgan fingerprint density at radius 2 is 1.86 bits per heavy atom. The highest BCUT2D eigenvalue weighted by molar-refractivity contribution is 6.35. The Bertz CT molecular complexity index is 807. The van der Waals surface area contributed by atoms with E-state index in [-0.39, 0.29) is 6.54 Å². The number of hydrogen-bond acceptors (Lipinski definition) is 6. The topological polar surface area (TPSA) is 110 Å². The average molecular weight is 385 g/mol. The van der Waals surface area contributed by atoms with Crippen molar-refractivity contribution < 1.29 is 14.7 Å². The molecule has 0 spiro atoms. The fourth-order valence-electron chi connectivity index (χ4n) is 3.92. The number of rotatable bonds is 3. The van der Waals surface area contributed by atoms with Crippen LogP contribution >= 0.6 is 0 Å². The van der Waals surface area contributed by atoms with E-state index in [1.807, 2.05) is 11.8 Å². The van der Waals surface area contributed by atoms with Crippen LogP contribution in [0.3, 0.4) is 0 Å². The van der Waals surface area contributed by atoms with Gasteiger partial charge in [-0.05, 0) is 50.7 Å². The van der Waals surface area contributed by atoms with Gasteiger partial charge < -0.3 is 20.2 Å². The molecule has 1 aliphatic carbocycles. The first-order valence-corrected chi connectivity index (χ1v) is 9.85. The number of carbonyl (C=O) groups is 2. The summed E-state index contributed by atoms with van der Waals surface area (Å²) in [6, 6.07) is 2.36. The molecule has 8 nitrogen and oxygen atoms in total.